The number of carbonyl (C=O) groups excluding carboxylic acids is 1. The first-order chi connectivity index (χ1) is 10.1. The van der Waals surface area contributed by atoms with E-state index in [2.05, 4.69) is 0 Å². The lowest BCUT2D eigenvalue weighted by Gasteiger charge is -2.27. The maximum Gasteiger partial charge on any atom is 0.222 e. The molecule has 0 heterocycles. The number of para-hydroxylation sites is 1. The van der Waals surface area contributed by atoms with E-state index in [1.807, 2.05) is 36.2 Å². The minimum Gasteiger partial charge on any atom is -0.399 e. The van der Waals surface area contributed by atoms with Crippen molar-refractivity contribution in [1.82, 2.24) is 4.90 Å². The van der Waals surface area contributed by atoms with Crippen LogP contribution in [0.5, 0.6) is 0 Å². The van der Waals surface area contributed by atoms with Gasteiger partial charge in [-0.25, -0.2) is 0 Å². The number of aryl methyl sites for hydroxylation is 1. The molecule has 2 aliphatic carbocycles. The normalized spacial score (nSPS) is 27.0. The van der Waals surface area contributed by atoms with Gasteiger partial charge in [0.2, 0.25) is 5.91 Å². The molecule has 3 rings (SSSR count). The van der Waals surface area contributed by atoms with E-state index in [9.17, 15) is 4.79 Å². The Morgan fingerprint density at radius 1 is 1.29 bits per heavy atom. The lowest BCUT2D eigenvalue weighted by atomic mass is 9.88. The third kappa shape index (κ3) is 3.22. The fraction of sp³-hybridized carbons (Fsp3) is 0.611. The van der Waals surface area contributed by atoms with E-state index in [4.69, 9.17) is 5.73 Å². The van der Waals surface area contributed by atoms with Gasteiger partial charge >= 0.3 is 0 Å². The molecule has 0 saturated heterocycles. The van der Waals surface area contributed by atoms with Crippen LogP contribution in [0.4, 0.5) is 5.69 Å². The number of hydrogen-bond donors (Lipinski definition) is 1. The lowest BCUT2D eigenvalue weighted by Crippen LogP contribution is -2.33. The molecule has 3 unspecified atom stereocenters. The van der Waals surface area contributed by atoms with Crippen LogP contribution in [0.25, 0.3) is 0 Å². The Balaban J connectivity index is 1.48. The Kier molecular flexibility index (Phi) is 4.18. The molecule has 2 fully saturated rings. The first-order valence-corrected chi connectivity index (χ1v) is 8.21. The molecule has 1 amide bonds. The average Bonchev–Trinajstić information content (AvgIpc) is 3.08. The van der Waals surface area contributed by atoms with E-state index in [1.54, 1.807) is 0 Å². The van der Waals surface area contributed by atoms with Gasteiger partial charge in [0.25, 0.3) is 0 Å². The van der Waals surface area contributed by atoms with Crippen LogP contribution >= 0.6 is 0 Å². The second-order valence-corrected chi connectivity index (χ2v) is 6.91. The van der Waals surface area contributed by atoms with Crippen molar-refractivity contribution in [2.45, 2.75) is 38.5 Å². The maximum atomic E-state index is 12.3. The zero-order valence-corrected chi connectivity index (χ0v) is 12.9. The summed E-state index contributed by atoms with van der Waals surface area (Å²) in [7, 11) is 1.96. The topological polar surface area (TPSA) is 46.3 Å². The average molecular weight is 286 g/mol. The zero-order chi connectivity index (χ0) is 14.8. The molecule has 2 aliphatic rings. The fourth-order valence-electron chi connectivity index (χ4n) is 4.25. The van der Waals surface area contributed by atoms with Gasteiger partial charge in [-0.3, -0.25) is 4.79 Å². The van der Waals surface area contributed by atoms with Gasteiger partial charge in [-0.1, -0.05) is 24.6 Å². The standard InChI is InChI=1S/C18H26N2O/c1-20(12-16-11-13-6-7-15(16)10-13)18(21)9-8-14-4-2-3-5-17(14)19/h2-5,13,15-16H,6-12,19H2,1H3. The summed E-state index contributed by atoms with van der Waals surface area (Å²) >= 11 is 0. The second-order valence-electron chi connectivity index (χ2n) is 6.91. The summed E-state index contributed by atoms with van der Waals surface area (Å²) in [6.07, 6.45) is 6.86. The van der Waals surface area contributed by atoms with Gasteiger partial charge in [0.15, 0.2) is 0 Å². The highest BCUT2D eigenvalue weighted by Gasteiger charge is 2.39. The number of amides is 1. The van der Waals surface area contributed by atoms with E-state index in [0.29, 0.717) is 6.42 Å². The van der Waals surface area contributed by atoms with Crippen molar-refractivity contribution in [3.63, 3.8) is 0 Å². The van der Waals surface area contributed by atoms with Crippen molar-refractivity contribution in [2.75, 3.05) is 19.3 Å². The molecule has 1 aromatic carbocycles. The van der Waals surface area contributed by atoms with Crippen LogP contribution in [0, 0.1) is 17.8 Å². The SMILES string of the molecule is CN(CC1CC2CCC1C2)C(=O)CCc1ccccc1N. The van der Waals surface area contributed by atoms with Crippen LogP contribution in [-0.2, 0) is 11.2 Å². The predicted octanol–water partition coefficient (Wildman–Crippen LogP) is 3.10. The number of nitrogens with zero attached hydrogens (tertiary/aromatic N) is 1. The second kappa shape index (κ2) is 6.08. The minimum absolute atomic E-state index is 0.251. The first-order valence-electron chi connectivity index (χ1n) is 8.21. The van der Waals surface area contributed by atoms with Gasteiger partial charge in [0.05, 0.1) is 0 Å². The molecule has 2 saturated carbocycles. The number of fused-ring (bicyclic) bond motifs is 2. The maximum absolute atomic E-state index is 12.3. The Labute approximate surface area is 127 Å². The number of nitrogens with two attached hydrogens (primary N) is 1. The van der Waals surface area contributed by atoms with Gasteiger partial charge in [-0.05, 0) is 55.1 Å². The summed E-state index contributed by atoms with van der Waals surface area (Å²) in [6, 6.07) is 7.83. The molecule has 1 aromatic rings. The van der Waals surface area contributed by atoms with Crippen LogP contribution in [0.1, 0.15) is 37.7 Å². The van der Waals surface area contributed by atoms with Crippen molar-refractivity contribution in [1.29, 1.82) is 0 Å². The summed E-state index contributed by atoms with van der Waals surface area (Å²) in [5, 5.41) is 0. The van der Waals surface area contributed by atoms with Crippen LogP contribution in [0.15, 0.2) is 24.3 Å². The van der Waals surface area contributed by atoms with Gasteiger partial charge in [-0.15, -0.1) is 0 Å². The summed E-state index contributed by atoms with van der Waals surface area (Å²) in [5.41, 5.74) is 7.81. The van der Waals surface area contributed by atoms with Crippen molar-refractivity contribution >= 4 is 11.6 Å². The Morgan fingerprint density at radius 2 is 2.10 bits per heavy atom. The quantitative estimate of drug-likeness (QED) is 0.845. The van der Waals surface area contributed by atoms with Gasteiger partial charge in [0, 0.05) is 25.7 Å². The monoisotopic (exact) mass is 286 g/mol. The molecule has 0 aliphatic heterocycles. The molecule has 3 atom stereocenters. The smallest absolute Gasteiger partial charge is 0.222 e. The zero-order valence-electron chi connectivity index (χ0n) is 12.9. The van der Waals surface area contributed by atoms with Crippen LogP contribution < -0.4 is 5.73 Å². The molecule has 3 nitrogen and oxygen atoms in total. The number of anilines is 1. The third-order valence-corrected chi connectivity index (χ3v) is 5.48. The number of carbonyl (C=O) groups is 1. The molecular formula is C18H26N2O. The van der Waals surface area contributed by atoms with E-state index < -0.39 is 0 Å². The van der Waals surface area contributed by atoms with Crippen molar-refractivity contribution in [3.05, 3.63) is 29.8 Å². The number of benzene rings is 1. The minimum atomic E-state index is 0.251. The molecule has 2 N–H and O–H groups in total. The molecule has 0 spiro atoms. The molecule has 0 radical (unpaired) electrons. The molecule has 114 valence electrons. The fourth-order valence-corrected chi connectivity index (χ4v) is 4.25. The summed E-state index contributed by atoms with van der Waals surface area (Å²) in [6.45, 7) is 0.949. The van der Waals surface area contributed by atoms with Gasteiger partial charge in [0.1, 0.15) is 0 Å². The highest BCUT2D eigenvalue weighted by atomic mass is 16.2. The van der Waals surface area contributed by atoms with Crippen molar-refractivity contribution in [2.24, 2.45) is 17.8 Å². The number of hydrogen-bond acceptors (Lipinski definition) is 2. The van der Waals surface area contributed by atoms with Crippen LogP contribution in [0.2, 0.25) is 0 Å². The highest BCUT2D eigenvalue weighted by molar-refractivity contribution is 5.76. The molecule has 3 heteroatoms. The largest absolute Gasteiger partial charge is 0.399 e. The van der Waals surface area contributed by atoms with Crippen LogP contribution in [0.3, 0.4) is 0 Å². The molecule has 21 heavy (non-hydrogen) atoms. The van der Waals surface area contributed by atoms with Crippen molar-refractivity contribution < 1.29 is 4.79 Å². The van der Waals surface area contributed by atoms with E-state index in [-0.39, 0.29) is 5.91 Å². The summed E-state index contributed by atoms with van der Waals surface area (Å²) < 4.78 is 0. The van der Waals surface area contributed by atoms with Gasteiger partial charge < -0.3 is 10.6 Å². The Bertz CT molecular complexity index is 514. The summed E-state index contributed by atoms with van der Waals surface area (Å²) in [4.78, 5) is 14.3. The Hall–Kier alpha value is -1.51. The third-order valence-electron chi connectivity index (χ3n) is 5.48. The molecular weight excluding hydrogens is 260 g/mol. The molecule has 0 aromatic heterocycles. The lowest BCUT2D eigenvalue weighted by molar-refractivity contribution is -0.130. The Morgan fingerprint density at radius 3 is 2.76 bits per heavy atom. The number of rotatable bonds is 5. The number of nitrogen functional groups attached to an aromatic ring is 1. The first kappa shape index (κ1) is 14.4. The predicted molar refractivity (Wildman–Crippen MR) is 85.8 cm³/mol. The van der Waals surface area contributed by atoms with E-state index in [1.165, 1.54) is 25.7 Å². The summed E-state index contributed by atoms with van der Waals surface area (Å²) in [5.74, 6) is 2.84. The van der Waals surface area contributed by atoms with Crippen LogP contribution in [-0.4, -0.2) is 24.4 Å². The van der Waals surface area contributed by atoms with Gasteiger partial charge in [-0.2, -0.15) is 0 Å². The van der Waals surface area contributed by atoms with E-state index >= 15 is 0 Å². The van der Waals surface area contributed by atoms with Crippen molar-refractivity contribution in [3.8, 4) is 0 Å². The molecule has 2 bridgehead atoms. The highest BCUT2D eigenvalue weighted by Crippen LogP contribution is 2.48. The van der Waals surface area contributed by atoms with E-state index in [0.717, 1.165) is 42.0 Å².